The van der Waals surface area contributed by atoms with Crippen molar-refractivity contribution in [1.82, 2.24) is 4.98 Å². The third kappa shape index (κ3) is 3.62. The van der Waals surface area contributed by atoms with Crippen molar-refractivity contribution in [1.29, 1.82) is 0 Å². The van der Waals surface area contributed by atoms with E-state index in [1.165, 1.54) is 23.5 Å². The summed E-state index contributed by atoms with van der Waals surface area (Å²) in [5, 5.41) is 2.65. The van der Waals surface area contributed by atoms with Crippen LogP contribution in [0.3, 0.4) is 0 Å². The molecule has 5 heteroatoms. The normalized spacial score (nSPS) is 11.1. The zero-order chi connectivity index (χ0) is 14.7. The number of aromatic nitrogens is 1. The van der Waals surface area contributed by atoms with Gasteiger partial charge in [0.2, 0.25) is 5.13 Å². The average Bonchev–Trinajstić information content (AvgIpc) is 2.96. The van der Waals surface area contributed by atoms with E-state index in [9.17, 15) is 4.39 Å². The second kappa shape index (κ2) is 6.28. The first-order chi connectivity index (χ1) is 10.2. The molecule has 0 radical (unpaired) electrons. The molecule has 0 saturated heterocycles. The van der Waals surface area contributed by atoms with Crippen LogP contribution in [0, 0.1) is 5.82 Å². The minimum absolute atomic E-state index is 0.251. The number of hydrogen-bond acceptors (Lipinski definition) is 3. The molecule has 3 rings (SSSR count). The van der Waals surface area contributed by atoms with E-state index < -0.39 is 0 Å². The lowest BCUT2D eigenvalue weighted by atomic mass is 10.2. The highest BCUT2D eigenvalue weighted by Crippen LogP contribution is 2.27. The highest BCUT2D eigenvalue weighted by molar-refractivity contribution is 9.10. The van der Waals surface area contributed by atoms with Crippen molar-refractivity contribution in [3.8, 4) is 11.3 Å². The van der Waals surface area contributed by atoms with Gasteiger partial charge in [0.15, 0.2) is 0 Å². The molecule has 0 N–H and O–H groups in total. The molecule has 0 atom stereocenters. The van der Waals surface area contributed by atoms with Crippen LogP contribution in [-0.2, 0) is 0 Å². The summed E-state index contributed by atoms with van der Waals surface area (Å²) in [7, 11) is 0. The largest absolute Gasteiger partial charge is 0.227 e. The van der Waals surface area contributed by atoms with Gasteiger partial charge in [-0.05, 0) is 29.8 Å². The maximum atomic E-state index is 12.8. The first-order valence-electron chi connectivity index (χ1n) is 6.22. The van der Waals surface area contributed by atoms with Gasteiger partial charge in [-0.15, -0.1) is 11.3 Å². The predicted molar refractivity (Wildman–Crippen MR) is 88.9 cm³/mol. The third-order valence-electron chi connectivity index (χ3n) is 2.83. The predicted octanol–water partition coefficient (Wildman–Crippen LogP) is 5.46. The molecule has 3 aromatic rings. The van der Waals surface area contributed by atoms with Gasteiger partial charge in [-0.3, -0.25) is 0 Å². The molecular formula is C16H10BrFN2S. The number of thiazole rings is 1. The Balaban J connectivity index is 1.78. The molecule has 0 saturated carbocycles. The zero-order valence-electron chi connectivity index (χ0n) is 10.8. The minimum atomic E-state index is -0.251. The van der Waals surface area contributed by atoms with Crippen LogP contribution in [-0.4, -0.2) is 11.2 Å². The van der Waals surface area contributed by atoms with E-state index in [4.69, 9.17) is 0 Å². The van der Waals surface area contributed by atoms with Gasteiger partial charge in [-0.1, -0.05) is 40.2 Å². The summed E-state index contributed by atoms with van der Waals surface area (Å²) in [6.07, 6.45) is 1.68. The molecule has 0 unspecified atom stereocenters. The summed E-state index contributed by atoms with van der Waals surface area (Å²) in [4.78, 5) is 8.79. The van der Waals surface area contributed by atoms with Gasteiger partial charge in [0.25, 0.3) is 0 Å². The highest BCUT2D eigenvalue weighted by atomic mass is 79.9. The van der Waals surface area contributed by atoms with Gasteiger partial charge in [0.05, 0.1) is 5.69 Å². The summed E-state index contributed by atoms with van der Waals surface area (Å²) in [5.74, 6) is -0.251. The molecule has 0 aliphatic heterocycles. The Kier molecular flexibility index (Phi) is 4.22. The summed E-state index contributed by atoms with van der Waals surface area (Å²) < 4.78 is 13.8. The molecule has 2 aromatic carbocycles. The van der Waals surface area contributed by atoms with E-state index in [-0.39, 0.29) is 5.82 Å². The monoisotopic (exact) mass is 360 g/mol. The Labute approximate surface area is 134 Å². The number of nitrogens with zero attached hydrogens (tertiary/aromatic N) is 2. The van der Waals surface area contributed by atoms with Gasteiger partial charge in [-0.2, -0.15) is 0 Å². The lowest BCUT2D eigenvalue weighted by molar-refractivity contribution is 0.628. The smallest absolute Gasteiger partial charge is 0.209 e. The molecule has 0 aliphatic carbocycles. The molecule has 104 valence electrons. The molecule has 21 heavy (non-hydrogen) atoms. The molecule has 2 nitrogen and oxygen atoms in total. The number of halogens is 2. The molecule has 0 amide bonds. The second-order valence-electron chi connectivity index (χ2n) is 4.33. The molecule has 1 aromatic heterocycles. The Morgan fingerprint density at radius 3 is 2.48 bits per heavy atom. The van der Waals surface area contributed by atoms with Crippen LogP contribution < -0.4 is 0 Å². The van der Waals surface area contributed by atoms with Gasteiger partial charge in [-0.25, -0.2) is 14.4 Å². The van der Waals surface area contributed by atoms with Crippen molar-refractivity contribution >= 4 is 38.6 Å². The minimum Gasteiger partial charge on any atom is -0.227 e. The quantitative estimate of drug-likeness (QED) is 0.569. The fourth-order valence-corrected chi connectivity index (χ4v) is 2.69. The first-order valence-corrected chi connectivity index (χ1v) is 7.89. The summed E-state index contributed by atoms with van der Waals surface area (Å²) in [6.45, 7) is 0. The second-order valence-corrected chi connectivity index (χ2v) is 6.08. The van der Waals surface area contributed by atoms with E-state index in [0.717, 1.165) is 21.3 Å². The average molecular weight is 361 g/mol. The Hall–Kier alpha value is -1.85. The Morgan fingerprint density at radius 2 is 1.76 bits per heavy atom. The van der Waals surface area contributed by atoms with Crippen molar-refractivity contribution in [2.24, 2.45) is 4.99 Å². The van der Waals surface area contributed by atoms with Gasteiger partial charge in [0, 0.05) is 21.6 Å². The zero-order valence-corrected chi connectivity index (χ0v) is 13.2. The maximum Gasteiger partial charge on any atom is 0.209 e. The van der Waals surface area contributed by atoms with Gasteiger partial charge in [0.1, 0.15) is 5.82 Å². The molecule has 1 heterocycles. The number of aliphatic imine (C=N–C) groups is 1. The maximum absolute atomic E-state index is 12.8. The molecule has 0 aliphatic rings. The van der Waals surface area contributed by atoms with Crippen LogP contribution in [0.25, 0.3) is 11.3 Å². The number of hydrogen-bond donors (Lipinski definition) is 0. The van der Waals surface area contributed by atoms with E-state index >= 15 is 0 Å². The van der Waals surface area contributed by atoms with Crippen molar-refractivity contribution < 1.29 is 4.39 Å². The summed E-state index contributed by atoms with van der Waals surface area (Å²) >= 11 is 4.89. The lowest BCUT2D eigenvalue weighted by Gasteiger charge is -1.95. The first kappa shape index (κ1) is 14.1. The lowest BCUT2D eigenvalue weighted by Crippen LogP contribution is -1.81. The molecule has 0 bridgehead atoms. The number of rotatable bonds is 3. The summed E-state index contributed by atoms with van der Waals surface area (Å²) in [5.41, 5.74) is 2.80. The van der Waals surface area contributed by atoms with Crippen molar-refractivity contribution in [3.05, 3.63) is 69.8 Å². The molecule has 0 fully saturated rings. The fourth-order valence-electron chi connectivity index (χ4n) is 1.76. The standard InChI is InChI=1S/C16H10BrFN2S/c17-13-5-3-12(4-6-13)15-10-21-16(20-15)19-9-11-1-7-14(18)8-2-11/h1-10H. The topological polar surface area (TPSA) is 25.2 Å². The highest BCUT2D eigenvalue weighted by Gasteiger charge is 2.03. The van der Waals surface area contributed by atoms with Gasteiger partial charge >= 0.3 is 0 Å². The van der Waals surface area contributed by atoms with E-state index in [0.29, 0.717) is 5.13 Å². The van der Waals surface area contributed by atoms with Crippen LogP contribution in [0.2, 0.25) is 0 Å². The number of benzene rings is 2. The van der Waals surface area contributed by atoms with E-state index in [1.54, 1.807) is 18.3 Å². The van der Waals surface area contributed by atoms with Gasteiger partial charge < -0.3 is 0 Å². The fraction of sp³-hybridized carbons (Fsp3) is 0. The Morgan fingerprint density at radius 1 is 1.05 bits per heavy atom. The van der Waals surface area contributed by atoms with Crippen LogP contribution >= 0.6 is 27.3 Å². The van der Waals surface area contributed by atoms with Crippen LogP contribution in [0.5, 0.6) is 0 Å². The SMILES string of the molecule is Fc1ccc(C=Nc2nc(-c3ccc(Br)cc3)cs2)cc1. The van der Waals surface area contributed by atoms with E-state index in [1.807, 2.05) is 29.6 Å². The van der Waals surface area contributed by atoms with E-state index in [2.05, 4.69) is 25.9 Å². The molecular weight excluding hydrogens is 351 g/mol. The van der Waals surface area contributed by atoms with Crippen LogP contribution in [0.1, 0.15) is 5.56 Å². The third-order valence-corrected chi connectivity index (χ3v) is 4.10. The van der Waals surface area contributed by atoms with Crippen molar-refractivity contribution in [2.45, 2.75) is 0 Å². The van der Waals surface area contributed by atoms with Crippen molar-refractivity contribution in [3.63, 3.8) is 0 Å². The van der Waals surface area contributed by atoms with Crippen molar-refractivity contribution in [2.75, 3.05) is 0 Å². The summed E-state index contributed by atoms with van der Waals surface area (Å²) in [6, 6.07) is 14.2. The van der Waals surface area contributed by atoms with Crippen LogP contribution in [0.4, 0.5) is 9.52 Å². The Bertz CT molecular complexity index is 764. The van der Waals surface area contributed by atoms with Crippen LogP contribution in [0.15, 0.2) is 63.4 Å². The molecule has 0 spiro atoms.